The molecule has 0 radical (unpaired) electrons. The molecule has 0 fully saturated rings. The average molecular weight is 247 g/mol. The Hall–Kier alpha value is -0.950. The number of hydrogen-bond acceptors (Lipinski definition) is 6. The Morgan fingerprint density at radius 3 is 2.62 bits per heavy atom. The van der Waals surface area contributed by atoms with Crippen LogP contribution < -0.4 is 5.73 Å². The van der Waals surface area contributed by atoms with Crippen molar-refractivity contribution in [3.8, 4) is 0 Å². The molecule has 0 bridgehead atoms. The number of sulfone groups is 1. The van der Waals surface area contributed by atoms with Crippen LogP contribution in [0, 0.1) is 0 Å². The Labute approximate surface area is 95.1 Å². The van der Waals surface area contributed by atoms with Crippen LogP contribution >= 0.6 is 0 Å². The van der Waals surface area contributed by atoms with Crippen molar-refractivity contribution >= 4 is 9.84 Å². The highest BCUT2D eigenvalue weighted by molar-refractivity contribution is 7.89. The van der Waals surface area contributed by atoms with Gasteiger partial charge in [0.2, 0.25) is 5.89 Å². The smallest absolute Gasteiger partial charge is 0.231 e. The summed E-state index contributed by atoms with van der Waals surface area (Å²) in [5.41, 5.74) is 5.84. The molecule has 1 aromatic heterocycles. The molecule has 7 heteroatoms. The minimum Gasteiger partial charge on any atom is -0.339 e. The Balaban J connectivity index is 2.79. The highest BCUT2D eigenvalue weighted by atomic mass is 32.2. The van der Waals surface area contributed by atoms with Gasteiger partial charge >= 0.3 is 0 Å². The van der Waals surface area contributed by atoms with Gasteiger partial charge in [-0.3, -0.25) is 0 Å². The van der Waals surface area contributed by atoms with Gasteiger partial charge in [0.05, 0.1) is 5.92 Å². The minimum atomic E-state index is -3.13. The molecule has 0 aliphatic carbocycles. The molecule has 0 aliphatic heterocycles. The van der Waals surface area contributed by atoms with Gasteiger partial charge in [-0.15, -0.1) is 0 Å². The number of nitrogens with zero attached hydrogens (tertiary/aromatic N) is 2. The summed E-state index contributed by atoms with van der Waals surface area (Å²) >= 11 is 0. The third-order valence-electron chi connectivity index (χ3n) is 2.38. The zero-order chi connectivity index (χ0) is 12.3. The Bertz CT molecular complexity index is 441. The molecule has 0 aliphatic rings. The molecule has 1 heterocycles. The van der Waals surface area contributed by atoms with Crippen molar-refractivity contribution in [1.29, 1.82) is 0 Å². The van der Waals surface area contributed by atoms with E-state index in [9.17, 15) is 8.42 Å². The van der Waals surface area contributed by atoms with Crippen molar-refractivity contribution in [2.75, 3.05) is 6.26 Å². The highest BCUT2D eigenvalue weighted by Crippen LogP contribution is 2.18. The molecule has 2 unspecified atom stereocenters. The molecule has 2 N–H and O–H groups in total. The quantitative estimate of drug-likeness (QED) is 0.811. The summed E-state index contributed by atoms with van der Waals surface area (Å²) in [6, 6.07) is -0.0634. The van der Waals surface area contributed by atoms with Crippen LogP contribution in [0.3, 0.4) is 0 Å². The highest BCUT2D eigenvalue weighted by Gasteiger charge is 2.20. The maximum atomic E-state index is 11.0. The third-order valence-corrected chi connectivity index (χ3v) is 3.16. The van der Waals surface area contributed by atoms with Crippen molar-refractivity contribution in [2.45, 2.75) is 38.0 Å². The van der Waals surface area contributed by atoms with Crippen LogP contribution in [0.15, 0.2) is 4.52 Å². The van der Waals surface area contributed by atoms with Gasteiger partial charge in [-0.1, -0.05) is 19.0 Å². The first-order valence-corrected chi connectivity index (χ1v) is 7.15. The predicted molar refractivity (Wildman–Crippen MR) is 59.5 cm³/mol. The van der Waals surface area contributed by atoms with E-state index in [1.54, 1.807) is 0 Å². The van der Waals surface area contributed by atoms with E-state index < -0.39 is 9.84 Å². The lowest BCUT2D eigenvalue weighted by molar-refractivity contribution is 0.337. The first-order valence-electron chi connectivity index (χ1n) is 5.09. The van der Waals surface area contributed by atoms with E-state index in [1.807, 2.05) is 13.8 Å². The molecular weight excluding hydrogens is 230 g/mol. The van der Waals surface area contributed by atoms with Gasteiger partial charge in [-0.25, -0.2) is 8.42 Å². The summed E-state index contributed by atoms with van der Waals surface area (Å²) in [6.45, 7) is 3.85. The molecule has 16 heavy (non-hydrogen) atoms. The van der Waals surface area contributed by atoms with Gasteiger partial charge in [-0.2, -0.15) is 4.98 Å². The molecule has 1 aromatic rings. The van der Waals surface area contributed by atoms with Crippen LogP contribution in [0.4, 0.5) is 0 Å². The predicted octanol–water partition coefficient (Wildman–Crippen LogP) is 0.455. The molecule has 0 saturated carbocycles. The summed E-state index contributed by atoms with van der Waals surface area (Å²) in [6.07, 6.45) is 1.93. The van der Waals surface area contributed by atoms with Crippen LogP contribution in [0.25, 0.3) is 0 Å². The van der Waals surface area contributed by atoms with E-state index in [2.05, 4.69) is 10.1 Å². The first-order chi connectivity index (χ1) is 7.33. The third kappa shape index (κ3) is 3.57. The maximum Gasteiger partial charge on any atom is 0.231 e. The van der Waals surface area contributed by atoms with Crippen molar-refractivity contribution < 1.29 is 12.9 Å². The SMILES string of the molecule is CCC(N)C(C)c1nc(CS(C)(=O)=O)no1. The van der Waals surface area contributed by atoms with Crippen LogP contribution in [-0.4, -0.2) is 30.9 Å². The summed E-state index contributed by atoms with van der Waals surface area (Å²) in [5, 5.41) is 3.62. The van der Waals surface area contributed by atoms with E-state index in [0.717, 1.165) is 12.7 Å². The molecule has 0 spiro atoms. The van der Waals surface area contributed by atoms with Gasteiger partial charge in [-0.05, 0) is 6.42 Å². The minimum absolute atomic E-state index is 0.0634. The van der Waals surface area contributed by atoms with E-state index in [1.165, 1.54) is 0 Å². The average Bonchev–Trinajstić information content (AvgIpc) is 2.61. The second-order valence-electron chi connectivity index (χ2n) is 3.98. The molecule has 0 amide bonds. The zero-order valence-electron chi connectivity index (χ0n) is 9.67. The molecule has 0 saturated heterocycles. The second-order valence-corrected chi connectivity index (χ2v) is 6.12. The standard InChI is InChI=1S/C9H17N3O3S/c1-4-7(10)6(2)9-11-8(12-15-9)5-16(3,13)14/h6-7H,4-5,10H2,1-3H3. The Kier molecular flexibility index (Phi) is 4.03. The number of nitrogens with two attached hydrogens (primary N) is 1. The lowest BCUT2D eigenvalue weighted by Gasteiger charge is -2.13. The monoisotopic (exact) mass is 247 g/mol. The second kappa shape index (κ2) is 4.92. The number of aromatic nitrogens is 2. The number of rotatable bonds is 5. The van der Waals surface area contributed by atoms with Crippen LogP contribution in [0.5, 0.6) is 0 Å². The van der Waals surface area contributed by atoms with Gasteiger partial charge < -0.3 is 10.3 Å². The van der Waals surface area contributed by atoms with Gasteiger partial charge in [0.15, 0.2) is 15.7 Å². The van der Waals surface area contributed by atoms with E-state index in [0.29, 0.717) is 5.89 Å². The molecule has 1 rings (SSSR count). The Morgan fingerprint density at radius 1 is 1.50 bits per heavy atom. The van der Waals surface area contributed by atoms with Gasteiger partial charge in [0.1, 0.15) is 5.75 Å². The molecule has 6 nitrogen and oxygen atoms in total. The van der Waals surface area contributed by atoms with E-state index >= 15 is 0 Å². The normalized spacial score (nSPS) is 16.0. The Morgan fingerprint density at radius 2 is 2.12 bits per heavy atom. The molecule has 92 valence electrons. The van der Waals surface area contributed by atoms with Gasteiger partial charge in [0.25, 0.3) is 0 Å². The van der Waals surface area contributed by atoms with Crippen molar-refractivity contribution in [3.05, 3.63) is 11.7 Å². The van der Waals surface area contributed by atoms with Crippen LogP contribution in [0.2, 0.25) is 0 Å². The zero-order valence-corrected chi connectivity index (χ0v) is 10.5. The van der Waals surface area contributed by atoms with E-state index in [4.69, 9.17) is 10.3 Å². The lowest BCUT2D eigenvalue weighted by Crippen LogP contribution is -2.25. The summed E-state index contributed by atoms with van der Waals surface area (Å²) < 4.78 is 27.0. The van der Waals surface area contributed by atoms with Crippen molar-refractivity contribution in [3.63, 3.8) is 0 Å². The molecule has 2 atom stereocenters. The fourth-order valence-electron chi connectivity index (χ4n) is 1.28. The van der Waals surface area contributed by atoms with Gasteiger partial charge in [0, 0.05) is 12.3 Å². The van der Waals surface area contributed by atoms with Crippen LogP contribution in [-0.2, 0) is 15.6 Å². The molecule has 0 aromatic carbocycles. The lowest BCUT2D eigenvalue weighted by atomic mass is 10.0. The van der Waals surface area contributed by atoms with Crippen molar-refractivity contribution in [1.82, 2.24) is 10.1 Å². The first kappa shape index (κ1) is 13.1. The van der Waals surface area contributed by atoms with Crippen molar-refractivity contribution in [2.24, 2.45) is 5.73 Å². The summed E-state index contributed by atoms with van der Waals surface area (Å²) in [5.74, 6) is 0.316. The molecular formula is C9H17N3O3S. The van der Waals surface area contributed by atoms with Crippen LogP contribution in [0.1, 0.15) is 37.9 Å². The maximum absolute atomic E-state index is 11.0. The fraction of sp³-hybridized carbons (Fsp3) is 0.778. The largest absolute Gasteiger partial charge is 0.339 e. The van der Waals surface area contributed by atoms with E-state index in [-0.39, 0.29) is 23.5 Å². The summed E-state index contributed by atoms with van der Waals surface area (Å²) in [4.78, 5) is 4.03. The topological polar surface area (TPSA) is 99.1 Å². The fourth-order valence-corrected chi connectivity index (χ4v) is 1.87. The summed E-state index contributed by atoms with van der Waals surface area (Å²) in [7, 11) is -3.13. The number of hydrogen-bond donors (Lipinski definition) is 1.